The average Bonchev–Trinajstić information content (AvgIpc) is 3.50. The standard InChI is InChI=1S/C24H22N.C20H16NO.Ir/c1-24(2,3)16-17-12-13-25-23(14-17)20-10-11-22-19(15-20)9-8-18-6-4-5-7-21(18)22;1-13(2)14-9-10-15-16-6-5-7-17(18-8-3-4-11-21-18)20(16)22-19(15)12-14;/h4-9,11-15H,16H2,1-3H3;3-6,8-13H,1-2H3;/q2*-1;/i16D2;;. The van der Waals surface area contributed by atoms with E-state index >= 15 is 0 Å². The minimum absolute atomic E-state index is 0. The number of fused-ring (bicyclic) bond motifs is 6. The molecule has 48 heavy (non-hydrogen) atoms. The van der Waals surface area contributed by atoms with E-state index in [1.807, 2.05) is 63.2 Å². The van der Waals surface area contributed by atoms with Crippen molar-refractivity contribution in [2.24, 2.45) is 5.41 Å². The minimum atomic E-state index is -1.45. The van der Waals surface area contributed by atoms with E-state index < -0.39 is 11.8 Å². The molecular formula is C44H38IrN2O-2. The number of pyridine rings is 2. The summed E-state index contributed by atoms with van der Waals surface area (Å²) >= 11 is 0. The van der Waals surface area contributed by atoms with Gasteiger partial charge in [0.1, 0.15) is 5.58 Å². The first kappa shape index (κ1) is 30.7. The Morgan fingerprint density at radius 3 is 2.31 bits per heavy atom. The Morgan fingerprint density at radius 2 is 1.52 bits per heavy atom. The van der Waals surface area contributed by atoms with Crippen LogP contribution in [0.4, 0.5) is 0 Å². The van der Waals surface area contributed by atoms with E-state index in [4.69, 9.17) is 7.16 Å². The van der Waals surface area contributed by atoms with Crippen LogP contribution >= 0.6 is 0 Å². The van der Waals surface area contributed by atoms with E-state index in [0.29, 0.717) is 11.5 Å². The van der Waals surface area contributed by atoms with Crippen molar-refractivity contribution >= 4 is 43.5 Å². The number of rotatable bonds is 4. The van der Waals surface area contributed by atoms with Crippen molar-refractivity contribution in [3.05, 3.63) is 145 Å². The Kier molecular flexibility index (Phi) is 8.85. The normalized spacial score (nSPS) is 12.5. The molecule has 0 unspecified atom stereocenters. The third kappa shape index (κ3) is 6.97. The van der Waals surface area contributed by atoms with E-state index in [1.165, 1.54) is 16.3 Å². The summed E-state index contributed by atoms with van der Waals surface area (Å²) in [4.78, 5) is 8.90. The van der Waals surface area contributed by atoms with Crippen LogP contribution in [0.1, 0.15) is 54.4 Å². The van der Waals surface area contributed by atoms with Crippen molar-refractivity contribution in [3.63, 3.8) is 0 Å². The molecule has 8 aromatic rings. The van der Waals surface area contributed by atoms with Gasteiger partial charge in [-0.05, 0) is 58.2 Å². The third-order valence-electron chi connectivity index (χ3n) is 8.28. The van der Waals surface area contributed by atoms with Crippen LogP contribution in [0.2, 0.25) is 0 Å². The molecule has 0 saturated carbocycles. The first-order valence-electron chi connectivity index (χ1n) is 17.1. The molecule has 5 aromatic carbocycles. The van der Waals surface area contributed by atoms with Gasteiger partial charge in [-0.2, -0.15) is 0 Å². The van der Waals surface area contributed by atoms with Crippen molar-refractivity contribution in [3.8, 4) is 22.5 Å². The molecule has 0 N–H and O–H groups in total. The van der Waals surface area contributed by atoms with Crippen LogP contribution in [0.15, 0.2) is 126 Å². The molecule has 0 saturated heterocycles. The monoisotopic (exact) mass is 805 g/mol. The van der Waals surface area contributed by atoms with Crippen molar-refractivity contribution in [1.29, 1.82) is 0 Å². The first-order valence-corrected chi connectivity index (χ1v) is 16.1. The van der Waals surface area contributed by atoms with Gasteiger partial charge >= 0.3 is 0 Å². The predicted molar refractivity (Wildman–Crippen MR) is 197 cm³/mol. The molecule has 3 nitrogen and oxygen atoms in total. The van der Waals surface area contributed by atoms with Gasteiger partial charge in [-0.1, -0.05) is 129 Å². The van der Waals surface area contributed by atoms with Gasteiger partial charge in [-0.15, -0.1) is 47.3 Å². The van der Waals surface area contributed by atoms with Gasteiger partial charge < -0.3 is 14.4 Å². The maximum Gasteiger partial charge on any atom is 0.121 e. The van der Waals surface area contributed by atoms with E-state index in [1.54, 1.807) is 18.5 Å². The maximum absolute atomic E-state index is 8.53. The second-order valence-corrected chi connectivity index (χ2v) is 13.3. The number of benzene rings is 5. The number of hydrogen-bond acceptors (Lipinski definition) is 3. The molecule has 0 aliphatic rings. The van der Waals surface area contributed by atoms with Crippen molar-refractivity contribution in [2.45, 2.75) is 46.9 Å². The van der Waals surface area contributed by atoms with Crippen LogP contribution in [0.5, 0.6) is 0 Å². The topological polar surface area (TPSA) is 38.9 Å². The molecular weight excluding hydrogens is 765 g/mol. The fraction of sp³-hybridized carbons (Fsp3) is 0.182. The number of hydrogen-bond donors (Lipinski definition) is 0. The Morgan fingerprint density at radius 1 is 0.729 bits per heavy atom. The fourth-order valence-corrected chi connectivity index (χ4v) is 6.00. The zero-order valence-electron chi connectivity index (χ0n) is 29.8. The van der Waals surface area contributed by atoms with Gasteiger partial charge in [-0.25, -0.2) is 0 Å². The largest absolute Gasteiger partial charge is 0.501 e. The molecule has 0 amide bonds. The van der Waals surface area contributed by atoms with E-state index in [9.17, 15) is 0 Å². The van der Waals surface area contributed by atoms with Crippen molar-refractivity contribution < 1.29 is 27.3 Å². The Balaban J connectivity index is 0.000000173. The summed E-state index contributed by atoms with van der Waals surface area (Å²) in [6.07, 6.45) is 2.03. The molecule has 4 heteroatoms. The van der Waals surface area contributed by atoms with Crippen molar-refractivity contribution in [1.82, 2.24) is 9.97 Å². The fourth-order valence-electron chi connectivity index (χ4n) is 6.00. The first-order chi connectivity index (χ1) is 23.5. The second-order valence-electron chi connectivity index (χ2n) is 13.3. The minimum Gasteiger partial charge on any atom is -0.501 e. The molecule has 8 rings (SSSR count). The average molecular weight is 805 g/mol. The summed E-state index contributed by atoms with van der Waals surface area (Å²) in [6, 6.07) is 43.3. The van der Waals surface area contributed by atoms with Gasteiger partial charge in [-0.3, -0.25) is 0 Å². The Bertz CT molecular complexity index is 2450. The van der Waals surface area contributed by atoms with Crippen LogP contribution in [0.25, 0.3) is 66.0 Å². The second kappa shape index (κ2) is 13.8. The third-order valence-corrected chi connectivity index (χ3v) is 8.28. The maximum atomic E-state index is 8.53. The quantitative estimate of drug-likeness (QED) is 0.131. The van der Waals surface area contributed by atoms with Gasteiger partial charge in [0.25, 0.3) is 0 Å². The van der Waals surface area contributed by atoms with Crippen LogP contribution in [0, 0.1) is 17.5 Å². The molecule has 1 radical (unpaired) electrons. The van der Waals surface area contributed by atoms with Gasteiger partial charge in [0.15, 0.2) is 0 Å². The summed E-state index contributed by atoms with van der Waals surface area (Å²) < 4.78 is 23.2. The zero-order chi connectivity index (χ0) is 34.3. The van der Waals surface area contributed by atoms with E-state index in [2.05, 4.69) is 96.6 Å². The number of aromatic nitrogens is 2. The number of furan rings is 1. The Labute approximate surface area is 299 Å². The summed E-state index contributed by atoms with van der Waals surface area (Å²) in [6.45, 7) is 10.1. The van der Waals surface area contributed by atoms with Gasteiger partial charge in [0.2, 0.25) is 0 Å². The zero-order valence-corrected chi connectivity index (χ0v) is 30.2. The van der Waals surface area contributed by atoms with Crippen LogP contribution in [-0.4, -0.2) is 9.97 Å². The molecule has 0 aliphatic carbocycles. The predicted octanol–water partition coefficient (Wildman–Crippen LogP) is 12.0. The SMILES string of the molecule is CC(C)c1ccc2c(c1)oc1c(-c3ccccn3)[c-]ccc12.[2H]C([2H])(c1ccnc(-c2[c-]cc3c(ccc4ccccc43)c2)c1)C(C)(C)C.[Ir]. The molecule has 0 aliphatic heterocycles. The number of nitrogens with zero attached hydrogens (tertiary/aromatic N) is 2. The molecule has 0 atom stereocenters. The van der Waals surface area contributed by atoms with Crippen LogP contribution in [-0.2, 0) is 26.5 Å². The van der Waals surface area contributed by atoms with Gasteiger partial charge in [0.05, 0.1) is 5.58 Å². The molecule has 241 valence electrons. The van der Waals surface area contributed by atoms with E-state index in [-0.39, 0.29) is 20.1 Å². The Hall–Kier alpha value is -4.63. The van der Waals surface area contributed by atoms with Crippen LogP contribution < -0.4 is 0 Å². The summed E-state index contributed by atoms with van der Waals surface area (Å²) in [5, 5.41) is 6.98. The van der Waals surface area contributed by atoms with Crippen molar-refractivity contribution in [2.75, 3.05) is 0 Å². The molecule has 3 aromatic heterocycles. The smallest absolute Gasteiger partial charge is 0.121 e. The molecule has 3 heterocycles. The van der Waals surface area contributed by atoms with Gasteiger partial charge in [0, 0.05) is 40.6 Å². The van der Waals surface area contributed by atoms with Crippen LogP contribution in [0.3, 0.4) is 0 Å². The summed E-state index contributed by atoms with van der Waals surface area (Å²) in [5.74, 6) is 0.486. The molecule has 0 spiro atoms. The summed E-state index contributed by atoms with van der Waals surface area (Å²) in [7, 11) is 0. The van der Waals surface area contributed by atoms with E-state index in [0.717, 1.165) is 55.2 Å². The molecule has 0 bridgehead atoms. The summed E-state index contributed by atoms with van der Waals surface area (Å²) in [5.41, 5.74) is 6.64. The molecule has 0 fully saturated rings.